The summed E-state index contributed by atoms with van der Waals surface area (Å²) in [4.78, 5) is 10.7. The Morgan fingerprint density at radius 2 is 2.05 bits per heavy atom. The first-order valence-electron chi connectivity index (χ1n) is 6.64. The predicted octanol–water partition coefficient (Wildman–Crippen LogP) is 1.60. The summed E-state index contributed by atoms with van der Waals surface area (Å²) in [6.45, 7) is 2.67. The molecule has 0 bridgehead atoms. The van der Waals surface area contributed by atoms with Crippen molar-refractivity contribution in [2.45, 2.75) is 31.9 Å². The third-order valence-electron chi connectivity index (χ3n) is 3.48. The van der Waals surface area contributed by atoms with Gasteiger partial charge in [-0.1, -0.05) is 12.1 Å². The number of benzene rings is 1. The van der Waals surface area contributed by atoms with Crippen LogP contribution in [0, 0.1) is 5.92 Å². The van der Waals surface area contributed by atoms with Crippen LogP contribution in [0.25, 0.3) is 0 Å². The second-order valence-corrected chi connectivity index (χ2v) is 5.15. The van der Waals surface area contributed by atoms with Crippen LogP contribution in [-0.2, 0) is 0 Å². The highest BCUT2D eigenvalue weighted by atomic mass is 16.3. The van der Waals surface area contributed by atoms with E-state index in [9.17, 15) is 9.90 Å². The average Bonchev–Trinajstić information content (AvgIpc) is 3.20. The first-order valence-corrected chi connectivity index (χ1v) is 6.64. The molecule has 0 spiro atoms. The molecule has 2 atom stereocenters. The lowest BCUT2D eigenvalue weighted by atomic mass is 10.1. The minimum Gasteiger partial charge on any atom is -0.392 e. The van der Waals surface area contributed by atoms with Crippen molar-refractivity contribution in [3.8, 4) is 0 Å². The molecule has 0 heterocycles. The zero-order valence-electron chi connectivity index (χ0n) is 11.1. The fraction of sp³-hybridized carbons (Fsp3) is 0.500. The van der Waals surface area contributed by atoms with Gasteiger partial charge in [0.25, 0.3) is 0 Å². The Morgan fingerprint density at radius 1 is 1.42 bits per heavy atom. The molecule has 1 aliphatic carbocycles. The van der Waals surface area contributed by atoms with E-state index in [1.807, 2.05) is 24.3 Å². The minimum absolute atomic E-state index is 0.163. The number of rotatable bonds is 6. The lowest BCUT2D eigenvalue weighted by Gasteiger charge is -2.17. The molecule has 19 heavy (non-hydrogen) atoms. The molecular formula is C14H21N3O2. The van der Waals surface area contributed by atoms with E-state index in [2.05, 4.69) is 17.6 Å². The molecule has 0 saturated heterocycles. The van der Waals surface area contributed by atoms with Crippen molar-refractivity contribution in [3.63, 3.8) is 0 Å². The molecule has 2 amide bonds. The molecule has 1 fully saturated rings. The summed E-state index contributed by atoms with van der Waals surface area (Å²) in [6, 6.07) is 7.10. The molecule has 0 aliphatic heterocycles. The third-order valence-corrected chi connectivity index (χ3v) is 3.48. The number of amides is 2. The van der Waals surface area contributed by atoms with Crippen molar-refractivity contribution in [1.82, 2.24) is 5.32 Å². The van der Waals surface area contributed by atoms with E-state index in [1.54, 1.807) is 0 Å². The van der Waals surface area contributed by atoms with E-state index in [1.165, 1.54) is 0 Å². The first-order chi connectivity index (χ1) is 9.06. The standard InChI is InChI=1S/C14H21N3O2/c1-9(16-8-13(18)11-2-3-11)10-4-6-12(7-5-10)17-14(15)19/h4-7,9,11,13,16,18H,2-3,8H2,1H3,(H3,15,17,19). The van der Waals surface area contributed by atoms with Crippen molar-refractivity contribution in [3.05, 3.63) is 29.8 Å². The Kier molecular flexibility index (Phi) is 4.39. The second kappa shape index (κ2) is 6.04. The van der Waals surface area contributed by atoms with Crippen LogP contribution in [0.15, 0.2) is 24.3 Å². The third kappa shape index (κ3) is 4.22. The Bertz CT molecular complexity index is 429. The molecule has 1 saturated carbocycles. The van der Waals surface area contributed by atoms with Crippen LogP contribution in [0.5, 0.6) is 0 Å². The summed E-state index contributed by atoms with van der Waals surface area (Å²) in [5.41, 5.74) is 6.84. The summed E-state index contributed by atoms with van der Waals surface area (Å²) in [5.74, 6) is 0.488. The molecule has 1 aromatic carbocycles. The van der Waals surface area contributed by atoms with Gasteiger partial charge < -0.3 is 21.5 Å². The molecule has 2 rings (SSSR count). The monoisotopic (exact) mass is 263 g/mol. The molecule has 5 nitrogen and oxygen atoms in total. The van der Waals surface area contributed by atoms with Crippen LogP contribution < -0.4 is 16.4 Å². The van der Waals surface area contributed by atoms with Crippen LogP contribution in [0.2, 0.25) is 0 Å². The van der Waals surface area contributed by atoms with Gasteiger partial charge in [-0.15, -0.1) is 0 Å². The number of primary amides is 1. The first kappa shape index (κ1) is 13.8. The molecule has 5 heteroatoms. The normalized spacial score (nSPS) is 17.8. The fourth-order valence-corrected chi connectivity index (χ4v) is 2.06. The molecule has 104 valence electrons. The van der Waals surface area contributed by atoms with Crippen molar-refractivity contribution in [2.75, 3.05) is 11.9 Å². The van der Waals surface area contributed by atoms with Crippen molar-refractivity contribution in [1.29, 1.82) is 0 Å². The summed E-state index contributed by atoms with van der Waals surface area (Å²) >= 11 is 0. The lowest BCUT2D eigenvalue weighted by Crippen LogP contribution is -2.30. The number of aliphatic hydroxyl groups is 1. The number of anilines is 1. The SMILES string of the molecule is CC(NCC(O)C1CC1)c1ccc(NC(N)=O)cc1. The molecule has 1 aromatic rings. The zero-order valence-corrected chi connectivity index (χ0v) is 11.1. The molecular weight excluding hydrogens is 242 g/mol. The molecule has 0 aromatic heterocycles. The van der Waals surface area contributed by atoms with Gasteiger partial charge in [-0.25, -0.2) is 4.79 Å². The van der Waals surface area contributed by atoms with Gasteiger partial charge in [0.05, 0.1) is 6.10 Å². The summed E-state index contributed by atoms with van der Waals surface area (Å²) in [5, 5.41) is 15.6. The van der Waals surface area contributed by atoms with E-state index in [4.69, 9.17) is 5.73 Å². The van der Waals surface area contributed by atoms with E-state index in [0.29, 0.717) is 18.2 Å². The topological polar surface area (TPSA) is 87.4 Å². The highest BCUT2D eigenvalue weighted by molar-refractivity contribution is 5.87. The predicted molar refractivity (Wildman–Crippen MR) is 74.8 cm³/mol. The maximum absolute atomic E-state index is 10.7. The Morgan fingerprint density at radius 3 is 2.58 bits per heavy atom. The van der Waals surface area contributed by atoms with Crippen LogP contribution in [0.1, 0.15) is 31.4 Å². The van der Waals surface area contributed by atoms with Gasteiger partial charge in [-0.2, -0.15) is 0 Å². The Balaban J connectivity index is 1.84. The summed E-state index contributed by atoms with van der Waals surface area (Å²) in [6.07, 6.45) is 2.05. The van der Waals surface area contributed by atoms with Crippen LogP contribution in [0.4, 0.5) is 10.5 Å². The molecule has 2 unspecified atom stereocenters. The minimum atomic E-state index is -0.563. The number of aliphatic hydroxyl groups excluding tert-OH is 1. The molecule has 1 aliphatic rings. The maximum Gasteiger partial charge on any atom is 0.316 e. The summed E-state index contributed by atoms with van der Waals surface area (Å²) in [7, 11) is 0. The molecule has 0 radical (unpaired) electrons. The van der Waals surface area contributed by atoms with Crippen molar-refractivity contribution < 1.29 is 9.90 Å². The quantitative estimate of drug-likeness (QED) is 0.628. The fourth-order valence-electron chi connectivity index (χ4n) is 2.06. The van der Waals surface area contributed by atoms with E-state index < -0.39 is 6.03 Å². The number of hydrogen-bond donors (Lipinski definition) is 4. The van der Waals surface area contributed by atoms with E-state index in [0.717, 1.165) is 18.4 Å². The van der Waals surface area contributed by atoms with Gasteiger partial charge in [-0.3, -0.25) is 0 Å². The smallest absolute Gasteiger partial charge is 0.316 e. The number of carbonyl (C=O) groups excluding carboxylic acids is 1. The van der Waals surface area contributed by atoms with Crippen LogP contribution in [-0.4, -0.2) is 23.8 Å². The number of nitrogens with two attached hydrogens (primary N) is 1. The number of carbonyl (C=O) groups is 1. The van der Waals surface area contributed by atoms with Gasteiger partial charge in [0.2, 0.25) is 0 Å². The lowest BCUT2D eigenvalue weighted by molar-refractivity contribution is 0.145. The van der Waals surface area contributed by atoms with Gasteiger partial charge in [0, 0.05) is 18.3 Å². The molecule has 5 N–H and O–H groups in total. The van der Waals surface area contributed by atoms with E-state index in [-0.39, 0.29) is 12.1 Å². The Hall–Kier alpha value is -1.59. The second-order valence-electron chi connectivity index (χ2n) is 5.15. The van der Waals surface area contributed by atoms with Gasteiger partial charge >= 0.3 is 6.03 Å². The highest BCUT2D eigenvalue weighted by Crippen LogP contribution is 2.32. The summed E-state index contributed by atoms with van der Waals surface area (Å²) < 4.78 is 0. The average molecular weight is 263 g/mol. The zero-order chi connectivity index (χ0) is 13.8. The van der Waals surface area contributed by atoms with E-state index >= 15 is 0 Å². The Labute approximate surface area is 113 Å². The van der Waals surface area contributed by atoms with Crippen LogP contribution >= 0.6 is 0 Å². The maximum atomic E-state index is 10.7. The number of nitrogens with one attached hydrogen (secondary N) is 2. The largest absolute Gasteiger partial charge is 0.392 e. The van der Waals surface area contributed by atoms with Gasteiger partial charge in [0.15, 0.2) is 0 Å². The van der Waals surface area contributed by atoms with Gasteiger partial charge in [0.1, 0.15) is 0 Å². The van der Waals surface area contributed by atoms with Crippen LogP contribution in [0.3, 0.4) is 0 Å². The van der Waals surface area contributed by atoms with Crippen molar-refractivity contribution >= 4 is 11.7 Å². The van der Waals surface area contributed by atoms with Gasteiger partial charge in [-0.05, 0) is 43.4 Å². The number of hydrogen-bond acceptors (Lipinski definition) is 3. The van der Waals surface area contributed by atoms with Crippen molar-refractivity contribution in [2.24, 2.45) is 11.7 Å². The number of urea groups is 1. The highest BCUT2D eigenvalue weighted by Gasteiger charge is 2.29.